The summed E-state index contributed by atoms with van der Waals surface area (Å²) < 4.78 is 5.85. The summed E-state index contributed by atoms with van der Waals surface area (Å²) in [6.07, 6.45) is 0.00244. The highest BCUT2D eigenvalue weighted by Crippen LogP contribution is 2.44. The third kappa shape index (κ3) is 6.19. The van der Waals surface area contributed by atoms with Gasteiger partial charge in [0.2, 0.25) is 5.91 Å². The Balaban J connectivity index is 1.32. The molecule has 1 heterocycles. The van der Waals surface area contributed by atoms with Crippen molar-refractivity contribution in [1.29, 1.82) is 0 Å². The van der Waals surface area contributed by atoms with Crippen molar-refractivity contribution in [3.8, 4) is 11.1 Å². The van der Waals surface area contributed by atoms with Crippen molar-refractivity contribution in [3.63, 3.8) is 0 Å². The number of ether oxygens (including phenoxy) is 1. The fourth-order valence-corrected chi connectivity index (χ4v) is 6.45. The average molecular weight is 570 g/mol. The lowest BCUT2D eigenvalue weighted by atomic mass is 9.85. The van der Waals surface area contributed by atoms with Gasteiger partial charge in [0.1, 0.15) is 12.1 Å². The van der Waals surface area contributed by atoms with Crippen LogP contribution in [0.2, 0.25) is 0 Å². The number of fused-ring (bicyclic) bond motifs is 3. The third-order valence-corrected chi connectivity index (χ3v) is 8.66. The van der Waals surface area contributed by atoms with Crippen molar-refractivity contribution in [2.75, 3.05) is 26.2 Å². The molecule has 1 saturated heterocycles. The highest BCUT2D eigenvalue weighted by molar-refractivity contribution is 5.91. The minimum absolute atomic E-state index is 0.0924. The topological polar surface area (TPSA) is 99.2 Å². The average Bonchev–Trinajstić information content (AvgIpc) is 3.31. The fraction of sp³-hybridized carbons (Fsp3) is 0.382. The number of benzene rings is 3. The summed E-state index contributed by atoms with van der Waals surface area (Å²) in [5, 5.41) is 12.4. The molecular weight excluding hydrogens is 530 g/mol. The zero-order chi connectivity index (χ0) is 29.7. The number of carboxylic acid groups (broad SMARTS) is 1. The summed E-state index contributed by atoms with van der Waals surface area (Å²) in [4.78, 5) is 42.8. The van der Waals surface area contributed by atoms with Crippen LogP contribution in [-0.2, 0) is 20.9 Å². The van der Waals surface area contributed by atoms with E-state index in [1.54, 1.807) is 11.8 Å². The Labute approximate surface area is 247 Å². The van der Waals surface area contributed by atoms with Crippen molar-refractivity contribution in [2.24, 2.45) is 0 Å². The number of nitrogens with zero attached hydrogens (tertiary/aromatic N) is 2. The molecule has 0 saturated carbocycles. The number of rotatable bonds is 10. The number of nitrogens with one attached hydrogen (secondary N) is 1. The van der Waals surface area contributed by atoms with E-state index in [4.69, 9.17) is 4.74 Å². The SMILES string of the molecule is CCN(C(=O)C1(NC(=O)OCC2c3ccccc3-c3ccccc32)CCN(Cc2ccccc2)CC1)C(C)CC(=O)O. The Bertz CT molecular complexity index is 1370. The zero-order valence-corrected chi connectivity index (χ0v) is 24.3. The van der Waals surface area contributed by atoms with E-state index in [0.717, 1.165) is 28.8 Å². The van der Waals surface area contributed by atoms with Crippen molar-refractivity contribution >= 4 is 18.0 Å². The maximum absolute atomic E-state index is 14.1. The molecule has 220 valence electrons. The second-order valence-electron chi connectivity index (χ2n) is 11.3. The molecule has 2 N–H and O–H groups in total. The maximum atomic E-state index is 14.1. The number of hydrogen-bond acceptors (Lipinski definition) is 5. The highest BCUT2D eigenvalue weighted by Gasteiger charge is 2.46. The number of alkyl carbamates (subject to hydrolysis) is 1. The second kappa shape index (κ2) is 12.8. The van der Waals surface area contributed by atoms with Crippen molar-refractivity contribution in [3.05, 3.63) is 95.6 Å². The van der Waals surface area contributed by atoms with Crippen LogP contribution in [0, 0.1) is 0 Å². The quantitative estimate of drug-likeness (QED) is 0.345. The molecule has 1 aliphatic carbocycles. The first-order valence-corrected chi connectivity index (χ1v) is 14.7. The molecule has 0 aromatic heterocycles. The van der Waals surface area contributed by atoms with Gasteiger partial charge in [-0.05, 0) is 54.5 Å². The Morgan fingerprint density at radius 2 is 1.52 bits per heavy atom. The standard InChI is InChI=1S/C34H39N3O5/c1-3-37(24(2)21-31(38)39)32(40)34(17-19-36(20-18-34)22-25-11-5-4-6-12-25)35-33(41)42-23-30-28-15-9-7-13-26(28)27-14-8-10-16-29(27)30/h4-16,24,30H,3,17-23H2,1-2H3,(H,35,41)(H,38,39). The van der Waals surface area contributed by atoms with Gasteiger partial charge in [0.15, 0.2) is 0 Å². The number of likely N-dealkylation sites (N-methyl/N-ethyl adjacent to an activating group) is 1. The Morgan fingerprint density at radius 1 is 0.952 bits per heavy atom. The summed E-state index contributed by atoms with van der Waals surface area (Å²) in [5.41, 5.74) is 4.53. The largest absolute Gasteiger partial charge is 0.481 e. The first kappa shape index (κ1) is 29.3. The minimum Gasteiger partial charge on any atom is -0.481 e. The van der Waals surface area contributed by atoms with Crippen LogP contribution in [0.3, 0.4) is 0 Å². The van der Waals surface area contributed by atoms with E-state index in [-0.39, 0.29) is 24.9 Å². The molecule has 1 unspecified atom stereocenters. The molecule has 8 heteroatoms. The van der Waals surface area contributed by atoms with Gasteiger partial charge in [-0.3, -0.25) is 14.5 Å². The van der Waals surface area contributed by atoms with Crippen LogP contribution in [-0.4, -0.2) is 70.7 Å². The number of hydrogen-bond donors (Lipinski definition) is 2. The van der Waals surface area contributed by atoms with E-state index in [2.05, 4.69) is 46.6 Å². The molecule has 0 radical (unpaired) electrons. The molecule has 1 aliphatic heterocycles. The van der Waals surface area contributed by atoms with E-state index in [1.807, 2.05) is 49.4 Å². The van der Waals surface area contributed by atoms with Crippen LogP contribution in [0.4, 0.5) is 4.79 Å². The van der Waals surface area contributed by atoms with Crippen molar-refractivity contribution in [2.45, 2.75) is 57.2 Å². The lowest BCUT2D eigenvalue weighted by Crippen LogP contribution is -2.65. The summed E-state index contributed by atoms with van der Waals surface area (Å²) in [5.74, 6) is -1.32. The third-order valence-electron chi connectivity index (χ3n) is 8.66. The zero-order valence-electron chi connectivity index (χ0n) is 24.3. The van der Waals surface area contributed by atoms with Gasteiger partial charge in [-0.25, -0.2) is 4.79 Å². The number of carbonyl (C=O) groups excluding carboxylic acids is 2. The van der Waals surface area contributed by atoms with E-state index >= 15 is 0 Å². The summed E-state index contributed by atoms with van der Waals surface area (Å²) >= 11 is 0. The van der Waals surface area contributed by atoms with Crippen LogP contribution in [0.5, 0.6) is 0 Å². The molecular formula is C34H39N3O5. The second-order valence-corrected chi connectivity index (χ2v) is 11.3. The van der Waals surface area contributed by atoms with Crippen molar-refractivity contribution < 1.29 is 24.2 Å². The van der Waals surface area contributed by atoms with Gasteiger partial charge in [0.05, 0.1) is 6.42 Å². The van der Waals surface area contributed by atoms with Gasteiger partial charge in [0, 0.05) is 38.1 Å². The molecule has 0 spiro atoms. The predicted molar refractivity (Wildman–Crippen MR) is 161 cm³/mol. The van der Waals surface area contributed by atoms with Crippen LogP contribution in [0.25, 0.3) is 11.1 Å². The lowest BCUT2D eigenvalue weighted by molar-refractivity contribution is -0.145. The number of likely N-dealkylation sites (tertiary alicyclic amines) is 1. The van der Waals surface area contributed by atoms with Crippen LogP contribution in [0.15, 0.2) is 78.9 Å². The van der Waals surface area contributed by atoms with E-state index in [0.29, 0.717) is 32.5 Å². The van der Waals surface area contributed by atoms with E-state index < -0.39 is 23.6 Å². The van der Waals surface area contributed by atoms with Crippen molar-refractivity contribution in [1.82, 2.24) is 15.1 Å². The molecule has 1 fully saturated rings. The number of carbonyl (C=O) groups is 3. The molecule has 5 rings (SSSR count). The van der Waals surface area contributed by atoms with Gasteiger partial charge in [-0.1, -0.05) is 78.9 Å². The predicted octanol–water partition coefficient (Wildman–Crippen LogP) is 5.27. The molecule has 2 aliphatic rings. The van der Waals surface area contributed by atoms with Gasteiger partial charge < -0.3 is 20.1 Å². The van der Waals surface area contributed by atoms with Gasteiger partial charge in [-0.15, -0.1) is 0 Å². The maximum Gasteiger partial charge on any atom is 0.408 e. The molecule has 1 atom stereocenters. The van der Waals surface area contributed by atoms with Crippen LogP contribution < -0.4 is 5.32 Å². The number of piperidine rings is 1. The summed E-state index contributed by atoms with van der Waals surface area (Å²) in [6, 6.07) is 26.0. The van der Waals surface area contributed by atoms with Gasteiger partial charge in [0.25, 0.3) is 0 Å². The molecule has 2 amide bonds. The molecule has 3 aromatic carbocycles. The molecule has 0 bridgehead atoms. The van der Waals surface area contributed by atoms with E-state index in [9.17, 15) is 19.5 Å². The highest BCUT2D eigenvalue weighted by atomic mass is 16.5. The normalized spacial score (nSPS) is 16.6. The Morgan fingerprint density at radius 3 is 2.10 bits per heavy atom. The molecule has 8 nitrogen and oxygen atoms in total. The minimum atomic E-state index is -1.18. The monoisotopic (exact) mass is 569 g/mol. The smallest absolute Gasteiger partial charge is 0.408 e. The van der Waals surface area contributed by atoms with Crippen LogP contribution >= 0.6 is 0 Å². The summed E-state index contributed by atoms with van der Waals surface area (Å²) in [7, 11) is 0. The Kier molecular flexibility index (Phi) is 8.92. The number of amides is 2. The van der Waals surface area contributed by atoms with Gasteiger partial charge >= 0.3 is 12.1 Å². The number of aliphatic carboxylic acids is 1. The lowest BCUT2D eigenvalue weighted by Gasteiger charge is -2.44. The summed E-state index contributed by atoms with van der Waals surface area (Å²) in [6.45, 7) is 6.03. The number of carboxylic acids is 1. The first-order chi connectivity index (χ1) is 20.3. The van der Waals surface area contributed by atoms with Gasteiger partial charge in [-0.2, -0.15) is 0 Å². The Hall–Kier alpha value is -4.17. The van der Waals surface area contributed by atoms with E-state index in [1.165, 1.54) is 5.56 Å². The first-order valence-electron chi connectivity index (χ1n) is 14.7. The molecule has 3 aromatic rings. The fourth-order valence-electron chi connectivity index (χ4n) is 6.45. The molecule has 42 heavy (non-hydrogen) atoms. The van der Waals surface area contributed by atoms with Crippen LogP contribution in [0.1, 0.15) is 55.7 Å².